The number of hydrogen-bond donors (Lipinski definition) is 3. The maximum atomic E-state index is 11.6. The third-order valence-corrected chi connectivity index (χ3v) is 2.79. The molecule has 2 amide bonds. The topological polar surface area (TPSA) is 100 Å². The number of nitrogens with one attached hydrogen (secondary N) is 3. The molecule has 0 saturated heterocycles. The van der Waals surface area contributed by atoms with E-state index in [1.165, 1.54) is 6.26 Å². The van der Waals surface area contributed by atoms with Crippen molar-refractivity contribution in [3.8, 4) is 0 Å². The normalized spacial score (nSPS) is 10.2. The Balaban J connectivity index is 1.65. The molecule has 106 valence electrons. The Morgan fingerprint density at radius 2 is 2.25 bits per heavy atom. The molecule has 0 saturated carbocycles. The number of hydrogen-bond acceptors (Lipinski definition) is 4. The van der Waals surface area contributed by atoms with Gasteiger partial charge < -0.3 is 15.1 Å². The van der Waals surface area contributed by atoms with Crippen molar-refractivity contribution in [1.29, 1.82) is 0 Å². The SMILES string of the molecule is Cc1[nH]ncc1CNC(=O)CCNC(=O)c1ccco1. The zero-order valence-electron chi connectivity index (χ0n) is 11.1. The molecule has 2 aromatic heterocycles. The second-order valence-electron chi connectivity index (χ2n) is 4.28. The zero-order chi connectivity index (χ0) is 14.4. The molecule has 2 heterocycles. The fourth-order valence-electron chi connectivity index (χ4n) is 1.62. The second kappa shape index (κ2) is 6.55. The van der Waals surface area contributed by atoms with Crippen LogP contribution in [0.5, 0.6) is 0 Å². The lowest BCUT2D eigenvalue weighted by atomic mass is 10.2. The summed E-state index contributed by atoms with van der Waals surface area (Å²) in [6.07, 6.45) is 3.31. The predicted octanol–water partition coefficient (Wildman–Crippen LogP) is 0.747. The van der Waals surface area contributed by atoms with Gasteiger partial charge in [-0.1, -0.05) is 0 Å². The number of carbonyl (C=O) groups excluding carboxylic acids is 2. The van der Waals surface area contributed by atoms with Gasteiger partial charge in [0.25, 0.3) is 5.91 Å². The van der Waals surface area contributed by atoms with Crippen molar-refractivity contribution in [3.63, 3.8) is 0 Å². The highest BCUT2D eigenvalue weighted by Gasteiger charge is 2.09. The van der Waals surface area contributed by atoms with Gasteiger partial charge in [-0.3, -0.25) is 14.7 Å². The van der Waals surface area contributed by atoms with Crippen LogP contribution < -0.4 is 10.6 Å². The Bertz CT molecular complexity index is 574. The first-order valence-electron chi connectivity index (χ1n) is 6.24. The van der Waals surface area contributed by atoms with E-state index in [0.29, 0.717) is 6.54 Å². The van der Waals surface area contributed by atoms with Crippen LogP contribution in [0.1, 0.15) is 28.2 Å². The van der Waals surface area contributed by atoms with Gasteiger partial charge in [0.15, 0.2) is 5.76 Å². The third-order valence-electron chi connectivity index (χ3n) is 2.79. The van der Waals surface area contributed by atoms with E-state index in [1.807, 2.05) is 6.92 Å². The molecule has 2 aromatic rings. The molecule has 0 aliphatic heterocycles. The van der Waals surface area contributed by atoms with Gasteiger partial charge in [-0.15, -0.1) is 0 Å². The molecule has 0 radical (unpaired) electrons. The lowest BCUT2D eigenvalue weighted by molar-refractivity contribution is -0.121. The number of aromatic nitrogens is 2. The molecule has 0 aliphatic rings. The maximum Gasteiger partial charge on any atom is 0.286 e. The first kappa shape index (κ1) is 13.9. The van der Waals surface area contributed by atoms with Gasteiger partial charge in [0, 0.05) is 30.8 Å². The molecule has 0 atom stereocenters. The molecule has 0 aliphatic carbocycles. The number of furan rings is 1. The number of aryl methyl sites for hydroxylation is 1. The van der Waals surface area contributed by atoms with E-state index >= 15 is 0 Å². The van der Waals surface area contributed by atoms with Crippen LogP contribution >= 0.6 is 0 Å². The molecule has 0 spiro atoms. The maximum absolute atomic E-state index is 11.6. The first-order chi connectivity index (χ1) is 9.66. The van der Waals surface area contributed by atoms with Crippen molar-refractivity contribution in [2.75, 3.05) is 6.54 Å². The highest BCUT2D eigenvalue weighted by atomic mass is 16.3. The summed E-state index contributed by atoms with van der Waals surface area (Å²) in [6.45, 7) is 2.57. The fourth-order valence-corrected chi connectivity index (χ4v) is 1.62. The van der Waals surface area contributed by atoms with Gasteiger partial charge in [0.1, 0.15) is 0 Å². The van der Waals surface area contributed by atoms with Crippen molar-refractivity contribution in [3.05, 3.63) is 41.6 Å². The fraction of sp³-hybridized carbons (Fsp3) is 0.308. The van der Waals surface area contributed by atoms with Crippen molar-refractivity contribution in [2.45, 2.75) is 19.9 Å². The van der Waals surface area contributed by atoms with Crippen LogP contribution in [0.2, 0.25) is 0 Å². The number of H-pyrrole nitrogens is 1. The van der Waals surface area contributed by atoms with E-state index in [1.54, 1.807) is 18.3 Å². The average Bonchev–Trinajstić information content (AvgIpc) is 3.07. The minimum absolute atomic E-state index is 0.134. The van der Waals surface area contributed by atoms with E-state index in [4.69, 9.17) is 4.42 Å². The van der Waals surface area contributed by atoms with Gasteiger partial charge in [-0.05, 0) is 19.1 Å². The van der Waals surface area contributed by atoms with Crippen molar-refractivity contribution in [2.24, 2.45) is 0 Å². The van der Waals surface area contributed by atoms with Crippen LogP contribution in [0.3, 0.4) is 0 Å². The van der Waals surface area contributed by atoms with Crippen LogP contribution in [0.4, 0.5) is 0 Å². The van der Waals surface area contributed by atoms with Crippen LogP contribution in [0.25, 0.3) is 0 Å². The quantitative estimate of drug-likeness (QED) is 0.724. The van der Waals surface area contributed by atoms with Crippen LogP contribution in [-0.4, -0.2) is 28.6 Å². The largest absolute Gasteiger partial charge is 0.459 e. The molecule has 0 aromatic carbocycles. The molecule has 0 fully saturated rings. The molecule has 2 rings (SSSR count). The van der Waals surface area contributed by atoms with Gasteiger partial charge in [-0.25, -0.2) is 0 Å². The molecular formula is C13H16N4O3. The summed E-state index contributed by atoms with van der Waals surface area (Å²) in [7, 11) is 0. The molecule has 0 bridgehead atoms. The first-order valence-corrected chi connectivity index (χ1v) is 6.24. The van der Waals surface area contributed by atoms with Crippen LogP contribution in [0, 0.1) is 6.92 Å². The summed E-state index contributed by atoms with van der Waals surface area (Å²) >= 11 is 0. The Morgan fingerprint density at radius 3 is 2.90 bits per heavy atom. The van der Waals surface area contributed by atoms with E-state index in [0.717, 1.165) is 11.3 Å². The molecular weight excluding hydrogens is 260 g/mol. The lowest BCUT2D eigenvalue weighted by Crippen LogP contribution is -2.30. The standard InChI is InChI=1S/C13H16N4O3/c1-9-10(8-16-17-9)7-15-12(18)4-5-14-13(19)11-3-2-6-20-11/h2-3,6,8H,4-5,7H2,1H3,(H,14,19)(H,15,18)(H,16,17). The van der Waals surface area contributed by atoms with Crippen molar-refractivity contribution in [1.82, 2.24) is 20.8 Å². The molecule has 7 nitrogen and oxygen atoms in total. The number of aromatic amines is 1. The molecule has 7 heteroatoms. The predicted molar refractivity (Wildman–Crippen MR) is 70.8 cm³/mol. The minimum Gasteiger partial charge on any atom is -0.459 e. The molecule has 0 unspecified atom stereocenters. The smallest absolute Gasteiger partial charge is 0.286 e. The van der Waals surface area contributed by atoms with Crippen molar-refractivity contribution >= 4 is 11.8 Å². The van der Waals surface area contributed by atoms with Crippen LogP contribution in [0.15, 0.2) is 29.0 Å². The monoisotopic (exact) mass is 276 g/mol. The van der Waals surface area contributed by atoms with E-state index in [2.05, 4.69) is 20.8 Å². The molecule has 3 N–H and O–H groups in total. The number of carbonyl (C=O) groups is 2. The van der Waals surface area contributed by atoms with E-state index in [-0.39, 0.29) is 30.5 Å². The number of amides is 2. The van der Waals surface area contributed by atoms with Gasteiger partial charge >= 0.3 is 0 Å². The summed E-state index contributed by atoms with van der Waals surface area (Å²) in [5, 5.41) is 12.0. The summed E-state index contributed by atoms with van der Waals surface area (Å²) in [5.74, 6) is -0.224. The zero-order valence-corrected chi connectivity index (χ0v) is 11.1. The minimum atomic E-state index is -0.325. The highest BCUT2D eigenvalue weighted by molar-refractivity contribution is 5.91. The number of rotatable bonds is 6. The summed E-state index contributed by atoms with van der Waals surface area (Å²) < 4.78 is 4.94. The lowest BCUT2D eigenvalue weighted by Gasteiger charge is -2.05. The van der Waals surface area contributed by atoms with Crippen LogP contribution in [-0.2, 0) is 11.3 Å². The number of nitrogens with zero attached hydrogens (tertiary/aromatic N) is 1. The second-order valence-corrected chi connectivity index (χ2v) is 4.28. The average molecular weight is 276 g/mol. The molecule has 20 heavy (non-hydrogen) atoms. The Kier molecular flexibility index (Phi) is 4.54. The van der Waals surface area contributed by atoms with Crippen molar-refractivity contribution < 1.29 is 14.0 Å². The summed E-state index contributed by atoms with van der Waals surface area (Å²) in [6, 6.07) is 3.20. The van der Waals surface area contributed by atoms with Gasteiger partial charge in [0.05, 0.1) is 12.5 Å². The summed E-state index contributed by atoms with van der Waals surface area (Å²) in [4.78, 5) is 23.1. The highest BCUT2D eigenvalue weighted by Crippen LogP contribution is 2.01. The Labute approximate surface area is 115 Å². The van der Waals surface area contributed by atoms with E-state index < -0.39 is 0 Å². The van der Waals surface area contributed by atoms with Gasteiger partial charge in [-0.2, -0.15) is 5.10 Å². The Hall–Kier alpha value is -2.57. The van der Waals surface area contributed by atoms with E-state index in [9.17, 15) is 9.59 Å². The Morgan fingerprint density at radius 1 is 1.40 bits per heavy atom. The van der Waals surface area contributed by atoms with Gasteiger partial charge in [0.2, 0.25) is 5.91 Å². The third kappa shape index (κ3) is 3.71. The summed E-state index contributed by atoms with van der Waals surface area (Å²) in [5.41, 5.74) is 1.87.